The van der Waals surface area contributed by atoms with Crippen molar-refractivity contribution in [1.29, 1.82) is 0 Å². The van der Waals surface area contributed by atoms with Gasteiger partial charge in [0.1, 0.15) is 0 Å². The molecule has 1 fully saturated rings. The van der Waals surface area contributed by atoms with E-state index in [4.69, 9.17) is 5.90 Å². The van der Waals surface area contributed by atoms with Crippen molar-refractivity contribution in [3.63, 3.8) is 0 Å². The van der Waals surface area contributed by atoms with Crippen molar-refractivity contribution >= 4 is 11.7 Å². The molecule has 5 nitrogen and oxygen atoms in total. The van der Waals surface area contributed by atoms with Gasteiger partial charge in [0.05, 0.1) is 0 Å². The lowest BCUT2D eigenvalue weighted by Crippen LogP contribution is -2.29. The van der Waals surface area contributed by atoms with E-state index in [9.17, 15) is 4.79 Å². The molecule has 2 N–H and O–H groups in total. The second-order valence-electron chi connectivity index (χ2n) is 3.85. The zero-order chi connectivity index (χ0) is 11.4. The smallest absolute Gasteiger partial charge is 0.371 e. The molecule has 1 aromatic heterocycles. The van der Waals surface area contributed by atoms with E-state index in [0.717, 1.165) is 18.8 Å². The molecule has 0 radical (unpaired) electrons. The van der Waals surface area contributed by atoms with Crippen molar-refractivity contribution in [2.24, 2.45) is 5.90 Å². The van der Waals surface area contributed by atoms with Crippen LogP contribution in [0.1, 0.15) is 29.8 Å². The van der Waals surface area contributed by atoms with E-state index in [0.29, 0.717) is 0 Å². The summed E-state index contributed by atoms with van der Waals surface area (Å²) in [6, 6.07) is 3.62. The Labute approximate surface area is 94.2 Å². The number of hydrogen-bond acceptors (Lipinski definition) is 5. The van der Waals surface area contributed by atoms with Crippen molar-refractivity contribution < 1.29 is 9.63 Å². The molecule has 16 heavy (non-hydrogen) atoms. The average Bonchev–Trinajstić information content (AvgIpc) is 2.39. The van der Waals surface area contributed by atoms with Crippen LogP contribution in [0.4, 0.5) is 5.69 Å². The van der Waals surface area contributed by atoms with Gasteiger partial charge in [-0.3, -0.25) is 0 Å². The van der Waals surface area contributed by atoms with E-state index >= 15 is 0 Å². The van der Waals surface area contributed by atoms with E-state index < -0.39 is 5.97 Å². The van der Waals surface area contributed by atoms with Crippen molar-refractivity contribution in [1.82, 2.24) is 4.98 Å². The number of nitrogens with two attached hydrogens (primary N) is 1. The van der Waals surface area contributed by atoms with Crippen molar-refractivity contribution in [2.45, 2.75) is 19.3 Å². The Hall–Kier alpha value is -1.62. The number of piperidine rings is 1. The summed E-state index contributed by atoms with van der Waals surface area (Å²) in [6.45, 7) is 2.06. The fourth-order valence-corrected chi connectivity index (χ4v) is 1.94. The van der Waals surface area contributed by atoms with Gasteiger partial charge in [-0.15, -0.1) is 0 Å². The molecule has 0 atom stereocenters. The third kappa shape index (κ3) is 2.30. The summed E-state index contributed by atoms with van der Waals surface area (Å²) in [4.78, 5) is 21.6. The quantitative estimate of drug-likeness (QED) is 0.757. The molecule has 0 amide bonds. The third-order valence-electron chi connectivity index (χ3n) is 2.78. The van der Waals surface area contributed by atoms with Crippen LogP contribution in [0.25, 0.3) is 0 Å². The van der Waals surface area contributed by atoms with Crippen LogP contribution in [0.5, 0.6) is 0 Å². The summed E-state index contributed by atoms with van der Waals surface area (Å²) >= 11 is 0. The molecule has 86 valence electrons. The number of pyridine rings is 1. The zero-order valence-corrected chi connectivity index (χ0v) is 9.06. The number of nitrogens with zero attached hydrogens (tertiary/aromatic N) is 2. The van der Waals surface area contributed by atoms with Crippen LogP contribution < -0.4 is 10.8 Å². The first kappa shape index (κ1) is 10.9. The van der Waals surface area contributed by atoms with E-state index in [1.165, 1.54) is 19.3 Å². The lowest BCUT2D eigenvalue weighted by Gasteiger charge is -2.28. The van der Waals surface area contributed by atoms with Gasteiger partial charge in [-0.2, -0.15) is 5.90 Å². The number of carbonyl (C=O) groups excluding carboxylic acids is 1. The number of anilines is 1. The van der Waals surface area contributed by atoms with Gasteiger partial charge in [0, 0.05) is 25.0 Å². The van der Waals surface area contributed by atoms with Gasteiger partial charge in [0.25, 0.3) is 0 Å². The average molecular weight is 221 g/mol. The molecule has 0 saturated carbocycles. The Bertz CT molecular complexity index is 375. The monoisotopic (exact) mass is 221 g/mol. The molecule has 0 bridgehead atoms. The molecule has 2 heterocycles. The van der Waals surface area contributed by atoms with E-state index in [-0.39, 0.29) is 5.69 Å². The van der Waals surface area contributed by atoms with Crippen LogP contribution in [0.2, 0.25) is 0 Å². The van der Waals surface area contributed by atoms with E-state index in [1.807, 2.05) is 6.07 Å². The maximum Gasteiger partial charge on any atom is 0.375 e. The highest BCUT2D eigenvalue weighted by atomic mass is 16.7. The van der Waals surface area contributed by atoms with Gasteiger partial charge >= 0.3 is 5.97 Å². The second-order valence-corrected chi connectivity index (χ2v) is 3.85. The summed E-state index contributed by atoms with van der Waals surface area (Å²) < 4.78 is 0. The number of carbonyl (C=O) groups is 1. The first-order chi connectivity index (χ1) is 7.81. The van der Waals surface area contributed by atoms with Crippen molar-refractivity contribution in [3.05, 3.63) is 24.0 Å². The minimum Gasteiger partial charge on any atom is -0.371 e. The molecule has 1 aromatic rings. The van der Waals surface area contributed by atoms with Crippen LogP contribution in [0.3, 0.4) is 0 Å². The highest BCUT2D eigenvalue weighted by Crippen LogP contribution is 2.19. The lowest BCUT2D eigenvalue weighted by molar-refractivity contribution is 0.0496. The molecule has 2 rings (SSSR count). The second kappa shape index (κ2) is 4.94. The van der Waals surface area contributed by atoms with Crippen LogP contribution in [0.15, 0.2) is 18.3 Å². The molecule has 5 heteroatoms. The number of aromatic nitrogens is 1. The standard InChI is InChI=1S/C11H15N3O2/c12-16-11(15)10-8-9(4-5-13-10)14-6-2-1-3-7-14/h4-5,8H,1-3,6-7,12H2. The normalized spacial score (nSPS) is 15.9. The number of rotatable bonds is 2. The molecular formula is C11H15N3O2. The molecular weight excluding hydrogens is 206 g/mol. The van der Waals surface area contributed by atoms with Gasteiger partial charge < -0.3 is 9.74 Å². The Morgan fingerprint density at radius 2 is 2.12 bits per heavy atom. The predicted molar refractivity (Wildman–Crippen MR) is 59.9 cm³/mol. The largest absolute Gasteiger partial charge is 0.375 e. The molecule has 1 aliphatic heterocycles. The lowest BCUT2D eigenvalue weighted by atomic mass is 10.1. The summed E-state index contributed by atoms with van der Waals surface area (Å²) in [5.74, 6) is 4.23. The van der Waals surface area contributed by atoms with Crippen LogP contribution in [0, 0.1) is 0 Å². The van der Waals surface area contributed by atoms with Crippen LogP contribution in [-0.4, -0.2) is 24.0 Å². The van der Waals surface area contributed by atoms with Crippen LogP contribution >= 0.6 is 0 Å². The summed E-state index contributed by atoms with van der Waals surface area (Å²) in [5.41, 5.74) is 1.26. The van der Waals surface area contributed by atoms with Crippen LogP contribution in [-0.2, 0) is 4.84 Å². The minimum atomic E-state index is -0.598. The van der Waals surface area contributed by atoms with Gasteiger partial charge in [0.15, 0.2) is 5.69 Å². The molecule has 1 saturated heterocycles. The molecule has 0 spiro atoms. The Morgan fingerprint density at radius 1 is 1.38 bits per heavy atom. The highest BCUT2D eigenvalue weighted by molar-refractivity contribution is 5.88. The summed E-state index contributed by atoms with van der Waals surface area (Å²) in [7, 11) is 0. The Balaban J connectivity index is 2.17. The fraction of sp³-hybridized carbons (Fsp3) is 0.455. The fourth-order valence-electron chi connectivity index (χ4n) is 1.94. The topological polar surface area (TPSA) is 68.5 Å². The highest BCUT2D eigenvalue weighted by Gasteiger charge is 2.14. The summed E-state index contributed by atoms with van der Waals surface area (Å²) in [6.07, 6.45) is 5.27. The minimum absolute atomic E-state index is 0.255. The molecule has 0 aliphatic carbocycles. The third-order valence-corrected chi connectivity index (χ3v) is 2.78. The molecule has 1 aliphatic rings. The van der Waals surface area contributed by atoms with Gasteiger partial charge in [-0.25, -0.2) is 9.78 Å². The van der Waals surface area contributed by atoms with E-state index in [2.05, 4.69) is 14.7 Å². The first-order valence-corrected chi connectivity index (χ1v) is 5.43. The molecule has 0 unspecified atom stereocenters. The SMILES string of the molecule is NOC(=O)c1cc(N2CCCCC2)ccn1. The maximum absolute atomic E-state index is 11.2. The predicted octanol–water partition coefficient (Wildman–Crippen LogP) is 1.10. The van der Waals surface area contributed by atoms with Crippen molar-refractivity contribution in [3.8, 4) is 0 Å². The Morgan fingerprint density at radius 3 is 2.81 bits per heavy atom. The summed E-state index contributed by atoms with van der Waals surface area (Å²) in [5, 5.41) is 0. The first-order valence-electron chi connectivity index (χ1n) is 5.43. The molecule has 0 aromatic carbocycles. The zero-order valence-electron chi connectivity index (χ0n) is 9.06. The van der Waals surface area contributed by atoms with Gasteiger partial charge in [0.2, 0.25) is 0 Å². The van der Waals surface area contributed by atoms with Gasteiger partial charge in [-0.1, -0.05) is 0 Å². The van der Waals surface area contributed by atoms with Crippen molar-refractivity contribution in [2.75, 3.05) is 18.0 Å². The Kier molecular flexibility index (Phi) is 3.36. The number of hydrogen-bond donors (Lipinski definition) is 1. The maximum atomic E-state index is 11.2. The van der Waals surface area contributed by atoms with Gasteiger partial charge in [-0.05, 0) is 31.4 Å². The van der Waals surface area contributed by atoms with E-state index in [1.54, 1.807) is 12.3 Å².